The average Bonchev–Trinajstić information content (AvgIpc) is 2.49. The van der Waals surface area contributed by atoms with Gasteiger partial charge in [-0.2, -0.15) is 0 Å². The molecule has 19 heavy (non-hydrogen) atoms. The van der Waals surface area contributed by atoms with Crippen LogP contribution in [0.1, 0.15) is 62.1 Å². The zero-order valence-electron chi connectivity index (χ0n) is 11.0. The first kappa shape index (κ1) is 13.5. The first-order chi connectivity index (χ1) is 9.36. The van der Waals surface area contributed by atoms with E-state index in [0.29, 0.717) is 0 Å². The van der Waals surface area contributed by atoms with Crippen molar-refractivity contribution in [1.29, 1.82) is 0 Å². The van der Waals surface area contributed by atoms with Gasteiger partial charge < -0.3 is 9.47 Å². The molecule has 0 bridgehead atoms. The molecule has 5 heteroatoms. The van der Waals surface area contributed by atoms with Gasteiger partial charge in [0.2, 0.25) is 0 Å². The summed E-state index contributed by atoms with van der Waals surface area (Å²) in [7, 11) is 0. The number of halogens is 1. The molecular weight excluding hydrogens is 308 g/mol. The highest BCUT2D eigenvalue weighted by atomic mass is 79.9. The lowest BCUT2D eigenvalue weighted by Crippen LogP contribution is -2.17. The zero-order valence-corrected chi connectivity index (χ0v) is 12.6. The summed E-state index contributed by atoms with van der Waals surface area (Å²) < 4.78 is 12.6. The lowest BCUT2D eigenvalue weighted by atomic mass is 10.0. The number of hydrogen-bond donors (Lipinski definition) is 0. The van der Waals surface area contributed by atoms with Crippen molar-refractivity contribution in [3.63, 3.8) is 0 Å². The van der Waals surface area contributed by atoms with Gasteiger partial charge in [-0.3, -0.25) is 0 Å². The molecule has 0 radical (unpaired) electrons. The van der Waals surface area contributed by atoms with E-state index in [2.05, 4.69) is 25.9 Å². The van der Waals surface area contributed by atoms with Gasteiger partial charge in [0.15, 0.2) is 0 Å². The minimum atomic E-state index is 0.105. The lowest BCUT2D eigenvalue weighted by molar-refractivity contribution is 0.00627. The van der Waals surface area contributed by atoms with Crippen LogP contribution in [0.2, 0.25) is 0 Å². The third-order valence-electron chi connectivity index (χ3n) is 3.81. The monoisotopic (exact) mass is 326 g/mol. The number of aromatic nitrogens is 2. The molecule has 0 aromatic carbocycles. The van der Waals surface area contributed by atoms with Crippen LogP contribution in [-0.4, -0.2) is 23.2 Å². The molecule has 2 saturated heterocycles. The Kier molecular flexibility index (Phi) is 4.45. The topological polar surface area (TPSA) is 44.2 Å². The Labute approximate surface area is 122 Å². The molecule has 0 saturated carbocycles. The van der Waals surface area contributed by atoms with Crippen LogP contribution in [0.15, 0.2) is 10.8 Å². The fourth-order valence-corrected chi connectivity index (χ4v) is 3.47. The summed E-state index contributed by atoms with van der Waals surface area (Å²) in [6.07, 6.45) is 8.65. The average molecular weight is 327 g/mol. The Hall–Kier alpha value is -0.520. The minimum absolute atomic E-state index is 0.105. The van der Waals surface area contributed by atoms with Crippen molar-refractivity contribution >= 4 is 15.9 Å². The molecule has 4 nitrogen and oxygen atoms in total. The largest absolute Gasteiger partial charge is 0.372 e. The van der Waals surface area contributed by atoms with Gasteiger partial charge >= 0.3 is 0 Å². The molecule has 2 atom stereocenters. The summed E-state index contributed by atoms with van der Waals surface area (Å²) in [6, 6.07) is 0. The molecule has 3 rings (SSSR count). The quantitative estimate of drug-likeness (QED) is 0.830. The van der Waals surface area contributed by atoms with Crippen molar-refractivity contribution in [1.82, 2.24) is 9.97 Å². The van der Waals surface area contributed by atoms with Crippen molar-refractivity contribution in [3.8, 4) is 0 Å². The van der Waals surface area contributed by atoms with E-state index in [0.717, 1.165) is 54.8 Å². The van der Waals surface area contributed by atoms with E-state index < -0.39 is 0 Å². The van der Waals surface area contributed by atoms with Crippen molar-refractivity contribution in [2.45, 2.75) is 50.7 Å². The SMILES string of the molecule is Brc1c([C@@H]2CCCCO2)ncnc1[C@H]1CCCCO1. The molecule has 0 spiro atoms. The highest BCUT2D eigenvalue weighted by molar-refractivity contribution is 9.10. The Morgan fingerprint density at radius 1 is 0.895 bits per heavy atom. The molecule has 0 N–H and O–H groups in total. The number of ether oxygens (including phenoxy) is 2. The van der Waals surface area contributed by atoms with E-state index in [9.17, 15) is 0 Å². The second kappa shape index (κ2) is 6.29. The minimum Gasteiger partial charge on any atom is -0.372 e. The van der Waals surface area contributed by atoms with E-state index >= 15 is 0 Å². The molecule has 104 valence electrons. The zero-order chi connectivity index (χ0) is 13.1. The van der Waals surface area contributed by atoms with Crippen LogP contribution in [0.25, 0.3) is 0 Å². The van der Waals surface area contributed by atoms with Crippen LogP contribution < -0.4 is 0 Å². The molecule has 0 aliphatic carbocycles. The highest BCUT2D eigenvalue weighted by Gasteiger charge is 2.26. The third-order valence-corrected chi connectivity index (χ3v) is 4.63. The highest BCUT2D eigenvalue weighted by Crippen LogP contribution is 2.37. The molecule has 0 unspecified atom stereocenters. The van der Waals surface area contributed by atoms with Crippen molar-refractivity contribution in [2.75, 3.05) is 13.2 Å². The lowest BCUT2D eigenvalue weighted by Gasteiger charge is -2.26. The summed E-state index contributed by atoms with van der Waals surface area (Å²) in [6.45, 7) is 1.66. The van der Waals surface area contributed by atoms with E-state index in [1.165, 1.54) is 12.8 Å². The van der Waals surface area contributed by atoms with E-state index in [1.54, 1.807) is 6.33 Å². The second-order valence-corrected chi connectivity index (χ2v) is 5.96. The molecule has 1 aromatic rings. The first-order valence-corrected chi connectivity index (χ1v) is 7.89. The number of hydrogen-bond acceptors (Lipinski definition) is 4. The van der Waals surface area contributed by atoms with Crippen molar-refractivity contribution in [2.24, 2.45) is 0 Å². The van der Waals surface area contributed by atoms with Crippen LogP contribution >= 0.6 is 15.9 Å². The molecule has 1 aromatic heterocycles. The van der Waals surface area contributed by atoms with E-state index in [-0.39, 0.29) is 12.2 Å². The Bertz CT molecular complexity index is 393. The van der Waals surface area contributed by atoms with Crippen LogP contribution in [-0.2, 0) is 9.47 Å². The summed E-state index contributed by atoms with van der Waals surface area (Å²) in [5.74, 6) is 0. The number of rotatable bonds is 2. The van der Waals surface area contributed by atoms with Gasteiger partial charge in [0, 0.05) is 13.2 Å². The molecule has 3 heterocycles. The summed E-state index contributed by atoms with van der Waals surface area (Å²) in [5, 5.41) is 0. The third kappa shape index (κ3) is 2.98. The maximum Gasteiger partial charge on any atom is 0.116 e. The van der Waals surface area contributed by atoms with Crippen molar-refractivity contribution < 1.29 is 9.47 Å². The van der Waals surface area contributed by atoms with Crippen molar-refractivity contribution in [3.05, 3.63) is 22.2 Å². The summed E-state index contributed by atoms with van der Waals surface area (Å²) in [4.78, 5) is 8.84. The standard InChI is InChI=1S/C14H19BrN2O2/c15-12-13(10-5-1-3-7-18-10)16-9-17-14(12)11-6-2-4-8-19-11/h9-11H,1-8H2/t10-,11+. The maximum atomic E-state index is 5.83. The molecule has 2 aliphatic rings. The van der Waals surface area contributed by atoms with Crippen LogP contribution in [0.5, 0.6) is 0 Å². The van der Waals surface area contributed by atoms with Gasteiger partial charge in [-0.05, 0) is 54.5 Å². The maximum absolute atomic E-state index is 5.83. The fourth-order valence-electron chi connectivity index (χ4n) is 2.76. The van der Waals surface area contributed by atoms with Gasteiger partial charge in [0.05, 0.1) is 15.9 Å². The van der Waals surface area contributed by atoms with Gasteiger partial charge in [0.25, 0.3) is 0 Å². The summed E-state index contributed by atoms with van der Waals surface area (Å²) in [5.41, 5.74) is 1.97. The Balaban J connectivity index is 1.84. The molecule has 2 fully saturated rings. The summed E-state index contributed by atoms with van der Waals surface area (Å²) >= 11 is 3.67. The molecular formula is C14H19BrN2O2. The van der Waals surface area contributed by atoms with E-state index in [1.807, 2.05) is 0 Å². The Morgan fingerprint density at radius 2 is 1.42 bits per heavy atom. The smallest absolute Gasteiger partial charge is 0.116 e. The van der Waals surface area contributed by atoms with E-state index in [4.69, 9.17) is 9.47 Å². The van der Waals surface area contributed by atoms with Gasteiger partial charge in [-0.15, -0.1) is 0 Å². The number of nitrogens with zero attached hydrogens (tertiary/aromatic N) is 2. The predicted molar refractivity (Wildman–Crippen MR) is 74.8 cm³/mol. The molecule has 2 aliphatic heterocycles. The van der Waals surface area contributed by atoms with Crippen LogP contribution in [0.3, 0.4) is 0 Å². The molecule has 0 amide bonds. The van der Waals surface area contributed by atoms with Gasteiger partial charge in [-0.25, -0.2) is 9.97 Å². The van der Waals surface area contributed by atoms with Crippen LogP contribution in [0.4, 0.5) is 0 Å². The first-order valence-electron chi connectivity index (χ1n) is 7.10. The van der Waals surface area contributed by atoms with Crippen LogP contribution in [0, 0.1) is 0 Å². The second-order valence-electron chi connectivity index (χ2n) is 5.17. The predicted octanol–water partition coefficient (Wildman–Crippen LogP) is 3.72. The normalized spacial score (nSPS) is 28.3. The van der Waals surface area contributed by atoms with Gasteiger partial charge in [-0.1, -0.05) is 0 Å². The van der Waals surface area contributed by atoms with Gasteiger partial charge in [0.1, 0.15) is 18.5 Å². The fraction of sp³-hybridized carbons (Fsp3) is 0.714. The Morgan fingerprint density at radius 3 is 1.84 bits per heavy atom.